The SMILES string of the molecule is Cc1ccc(CN2CC[C@@H](N3CC[C@@H](c4ccc(OC(=O)C[C@H](N)C(=O)O)cc4)[C@H](F)C3)C2=O)cc1. The van der Waals surface area contributed by atoms with Gasteiger partial charge in [-0.2, -0.15) is 0 Å². The van der Waals surface area contributed by atoms with Gasteiger partial charge in [0.05, 0.1) is 12.5 Å². The van der Waals surface area contributed by atoms with Crippen LogP contribution in [0.1, 0.15) is 41.9 Å². The highest BCUT2D eigenvalue weighted by molar-refractivity contribution is 5.84. The third-order valence-electron chi connectivity index (χ3n) is 7.02. The van der Waals surface area contributed by atoms with Crippen molar-refractivity contribution in [2.24, 2.45) is 5.73 Å². The molecule has 9 heteroatoms. The Hall–Kier alpha value is -3.30. The molecular weight excluding hydrogens is 465 g/mol. The van der Waals surface area contributed by atoms with E-state index in [-0.39, 0.29) is 30.2 Å². The number of ether oxygens (including phenoxy) is 1. The molecule has 36 heavy (non-hydrogen) atoms. The number of piperidine rings is 1. The number of aliphatic carboxylic acids is 1. The fraction of sp³-hybridized carbons (Fsp3) is 0.444. The Balaban J connectivity index is 1.30. The molecule has 0 unspecified atom stereocenters. The Bertz CT molecular complexity index is 1090. The molecule has 2 heterocycles. The van der Waals surface area contributed by atoms with E-state index in [2.05, 4.69) is 0 Å². The van der Waals surface area contributed by atoms with E-state index in [0.29, 0.717) is 32.5 Å². The van der Waals surface area contributed by atoms with Crippen LogP contribution >= 0.6 is 0 Å². The van der Waals surface area contributed by atoms with Gasteiger partial charge in [-0.05, 0) is 49.6 Å². The second kappa shape index (κ2) is 11.2. The Morgan fingerprint density at radius 1 is 1.11 bits per heavy atom. The lowest BCUT2D eigenvalue weighted by Gasteiger charge is -2.37. The zero-order valence-electron chi connectivity index (χ0n) is 20.3. The van der Waals surface area contributed by atoms with Crippen molar-refractivity contribution in [2.45, 2.75) is 56.9 Å². The second-order valence-electron chi connectivity index (χ2n) is 9.65. The molecule has 2 aromatic carbocycles. The zero-order valence-corrected chi connectivity index (χ0v) is 20.3. The molecule has 4 rings (SSSR count). The maximum Gasteiger partial charge on any atom is 0.321 e. The fourth-order valence-corrected chi connectivity index (χ4v) is 4.94. The van der Waals surface area contributed by atoms with Gasteiger partial charge in [-0.1, -0.05) is 42.0 Å². The standard InChI is InChI=1S/C27H32FN3O5/c1-17-2-4-18(5-3-17)15-31-13-11-24(26(31)33)30-12-10-21(22(28)16-30)19-6-8-20(9-7-19)36-25(32)14-23(29)27(34)35/h2-9,21-24H,10-16,29H2,1H3,(H,34,35)/t21-,22+,23-,24+/m0/s1. The number of carboxylic acids is 1. The van der Waals surface area contributed by atoms with Crippen LogP contribution in [0, 0.1) is 6.92 Å². The van der Waals surface area contributed by atoms with Crippen LogP contribution in [0.5, 0.6) is 5.75 Å². The summed E-state index contributed by atoms with van der Waals surface area (Å²) in [6, 6.07) is 13.1. The maximum atomic E-state index is 15.3. The van der Waals surface area contributed by atoms with Gasteiger partial charge in [0.1, 0.15) is 18.0 Å². The molecule has 0 radical (unpaired) electrons. The molecular formula is C27H32FN3O5. The molecule has 8 nitrogen and oxygen atoms in total. The molecule has 2 aromatic rings. The van der Waals surface area contributed by atoms with Gasteiger partial charge in [0.25, 0.3) is 0 Å². The van der Waals surface area contributed by atoms with Crippen molar-refractivity contribution in [3.63, 3.8) is 0 Å². The minimum Gasteiger partial charge on any atom is -0.480 e. The van der Waals surface area contributed by atoms with Crippen molar-refractivity contribution in [3.8, 4) is 5.75 Å². The smallest absolute Gasteiger partial charge is 0.321 e. The molecule has 192 valence electrons. The van der Waals surface area contributed by atoms with Crippen molar-refractivity contribution in [1.82, 2.24) is 9.80 Å². The van der Waals surface area contributed by atoms with Crippen molar-refractivity contribution >= 4 is 17.8 Å². The number of likely N-dealkylation sites (tertiary alicyclic amines) is 2. The first-order valence-corrected chi connectivity index (χ1v) is 12.2. The number of nitrogens with zero attached hydrogens (tertiary/aromatic N) is 2. The van der Waals surface area contributed by atoms with Crippen LogP contribution in [0.4, 0.5) is 4.39 Å². The number of rotatable bonds is 8. The number of carbonyl (C=O) groups excluding carboxylic acids is 2. The third kappa shape index (κ3) is 6.09. The van der Waals surface area contributed by atoms with E-state index in [1.165, 1.54) is 5.56 Å². The van der Waals surface area contributed by atoms with Gasteiger partial charge < -0.3 is 20.5 Å². The molecule has 0 aliphatic carbocycles. The van der Waals surface area contributed by atoms with Gasteiger partial charge in [0.15, 0.2) is 0 Å². The first-order valence-electron chi connectivity index (χ1n) is 12.2. The second-order valence-corrected chi connectivity index (χ2v) is 9.65. The predicted octanol–water partition coefficient (Wildman–Crippen LogP) is 2.63. The average molecular weight is 498 g/mol. The highest BCUT2D eigenvalue weighted by Gasteiger charge is 2.40. The van der Waals surface area contributed by atoms with Gasteiger partial charge >= 0.3 is 11.9 Å². The number of amides is 1. The Kier molecular flexibility index (Phi) is 8.01. The average Bonchev–Trinajstić information content (AvgIpc) is 3.20. The largest absolute Gasteiger partial charge is 0.480 e. The molecule has 0 saturated carbocycles. The molecule has 0 bridgehead atoms. The van der Waals surface area contributed by atoms with Crippen molar-refractivity contribution in [1.29, 1.82) is 0 Å². The normalized spacial score (nSPS) is 23.5. The Morgan fingerprint density at radius 3 is 2.44 bits per heavy atom. The van der Waals surface area contributed by atoms with E-state index in [0.717, 1.165) is 11.1 Å². The summed E-state index contributed by atoms with van der Waals surface area (Å²) in [6.07, 6.45) is -0.284. The van der Waals surface area contributed by atoms with E-state index < -0.39 is 30.6 Å². The molecule has 0 aromatic heterocycles. The number of esters is 1. The lowest BCUT2D eigenvalue weighted by Crippen LogP contribution is -2.49. The van der Waals surface area contributed by atoms with Crippen LogP contribution < -0.4 is 10.5 Å². The number of halogens is 1. The number of benzene rings is 2. The Labute approximate surface area is 209 Å². The summed E-state index contributed by atoms with van der Waals surface area (Å²) < 4.78 is 20.4. The number of nitrogens with two attached hydrogens (primary N) is 1. The first kappa shape index (κ1) is 25.8. The van der Waals surface area contributed by atoms with E-state index in [1.54, 1.807) is 24.3 Å². The third-order valence-corrected chi connectivity index (χ3v) is 7.02. The molecule has 3 N–H and O–H groups in total. The van der Waals surface area contributed by atoms with Gasteiger partial charge in [0.2, 0.25) is 5.91 Å². The summed E-state index contributed by atoms with van der Waals surface area (Å²) in [5.74, 6) is -2.02. The maximum absolute atomic E-state index is 15.3. The quantitative estimate of drug-likeness (QED) is 0.426. The fourth-order valence-electron chi connectivity index (χ4n) is 4.94. The minimum atomic E-state index is -1.32. The number of alkyl halides is 1. The van der Waals surface area contributed by atoms with Gasteiger partial charge in [0, 0.05) is 25.6 Å². The van der Waals surface area contributed by atoms with Crippen molar-refractivity contribution < 1.29 is 28.6 Å². The summed E-state index contributed by atoms with van der Waals surface area (Å²) in [5.41, 5.74) is 8.42. The molecule has 2 saturated heterocycles. The van der Waals surface area contributed by atoms with Gasteiger partial charge in [-0.15, -0.1) is 0 Å². The van der Waals surface area contributed by atoms with E-state index in [4.69, 9.17) is 15.6 Å². The summed E-state index contributed by atoms with van der Waals surface area (Å²) in [4.78, 5) is 39.5. The lowest BCUT2D eigenvalue weighted by molar-refractivity contribution is -0.143. The first-order chi connectivity index (χ1) is 17.2. The Morgan fingerprint density at radius 2 is 1.81 bits per heavy atom. The van der Waals surface area contributed by atoms with Crippen molar-refractivity contribution in [2.75, 3.05) is 19.6 Å². The summed E-state index contributed by atoms with van der Waals surface area (Å²) in [6.45, 7) is 4.10. The number of carboxylic acid groups (broad SMARTS) is 1. The van der Waals surface area contributed by atoms with Crippen LogP contribution in [-0.4, -0.2) is 70.6 Å². The summed E-state index contributed by atoms with van der Waals surface area (Å²) in [7, 11) is 0. The van der Waals surface area contributed by atoms with Crippen LogP contribution in [0.2, 0.25) is 0 Å². The minimum absolute atomic E-state index is 0.0648. The monoisotopic (exact) mass is 497 g/mol. The van der Waals surface area contributed by atoms with E-state index >= 15 is 4.39 Å². The summed E-state index contributed by atoms with van der Waals surface area (Å²) >= 11 is 0. The lowest BCUT2D eigenvalue weighted by atomic mass is 9.87. The van der Waals surface area contributed by atoms with Crippen LogP contribution in [0.3, 0.4) is 0 Å². The number of hydrogen-bond acceptors (Lipinski definition) is 6. The molecule has 4 atom stereocenters. The van der Waals surface area contributed by atoms with Gasteiger partial charge in [-0.25, -0.2) is 4.39 Å². The predicted molar refractivity (Wildman–Crippen MR) is 131 cm³/mol. The zero-order chi connectivity index (χ0) is 25.8. The van der Waals surface area contributed by atoms with Crippen LogP contribution in [0.15, 0.2) is 48.5 Å². The van der Waals surface area contributed by atoms with E-state index in [1.807, 2.05) is 41.0 Å². The highest BCUT2D eigenvalue weighted by atomic mass is 19.1. The number of aryl methyl sites for hydroxylation is 1. The molecule has 2 fully saturated rings. The topological polar surface area (TPSA) is 113 Å². The molecule has 2 aliphatic heterocycles. The molecule has 1 amide bonds. The number of carbonyl (C=O) groups is 3. The number of hydrogen-bond donors (Lipinski definition) is 2. The van der Waals surface area contributed by atoms with Crippen molar-refractivity contribution in [3.05, 3.63) is 65.2 Å². The van der Waals surface area contributed by atoms with Gasteiger partial charge in [-0.3, -0.25) is 19.3 Å². The van der Waals surface area contributed by atoms with Crippen LogP contribution in [-0.2, 0) is 20.9 Å². The molecule has 2 aliphatic rings. The summed E-state index contributed by atoms with van der Waals surface area (Å²) in [5, 5.41) is 8.79. The molecule has 0 spiro atoms. The van der Waals surface area contributed by atoms with E-state index in [9.17, 15) is 14.4 Å². The van der Waals surface area contributed by atoms with Crippen LogP contribution in [0.25, 0.3) is 0 Å². The highest BCUT2D eigenvalue weighted by Crippen LogP contribution is 2.34.